The van der Waals surface area contributed by atoms with Crippen LogP contribution in [-0.2, 0) is 9.31 Å². The Morgan fingerprint density at radius 2 is 1.55 bits per heavy atom. The Bertz CT molecular complexity index is 1430. The molecule has 0 bridgehead atoms. The molecule has 1 N–H and O–H groups in total. The summed E-state index contributed by atoms with van der Waals surface area (Å²) in [7, 11) is -0.376. The van der Waals surface area contributed by atoms with Crippen molar-refractivity contribution in [3.05, 3.63) is 72.9 Å². The van der Waals surface area contributed by atoms with Crippen LogP contribution in [0, 0.1) is 0 Å². The fourth-order valence-electron chi connectivity index (χ4n) is 4.62. The lowest BCUT2D eigenvalue weighted by Crippen LogP contribution is -2.41. The Hall–Kier alpha value is -3.02. The monoisotopic (exact) mass is 408 g/mol. The summed E-state index contributed by atoms with van der Waals surface area (Å²) in [4.78, 5) is 3.68. The van der Waals surface area contributed by atoms with Gasteiger partial charge >= 0.3 is 7.12 Å². The van der Waals surface area contributed by atoms with Crippen LogP contribution in [0.15, 0.2) is 72.9 Å². The fourth-order valence-corrected chi connectivity index (χ4v) is 4.62. The van der Waals surface area contributed by atoms with Gasteiger partial charge in [-0.3, -0.25) is 0 Å². The van der Waals surface area contributed by atoms with Crippen LogP contribution in [0.4, 0.5) is 0 Å². The zero-order valence-corrected chi connectivity index (χ0v) is 18.3. The first kappa shape index (κ1) is 18.7. The van der Waals surface area contributed by atoms with E-state index in [1.54, 1.807) is 0 Å². The van der Waals surface area contributed by atoms with Crippen LogP contribution in [0.3, 0.4) is 0 Å². The predicted molar refractivity (Wildman–Crippen MR) is 128 cm³/mol. The zero-order chi connectivity index (χ0) is 21.4. The van der Waals surface area contributed by atoms with Crippen molar-refractivity contribution in [1.29, 1.82) is 0 Å². The summed E-state index contributed by atoms with van der Waals surface area (Å²) in [5.74, 6) is 0. The molecule has 31 heavy (non-hydrogen) atoms. The summed E-state index contributed by atoms with van der Waals surface area (Å²) >= 11 is 0. The van der Waals surface area contributed by atoms with E-state index in [9.17, 15) is 0 Å². The average molecular weight is 408 g/mol. The highest BCUT2D eigenvalue weighted by Gasteiger charge is 2.51. The number of fused-ring (bicyclic) bond motifs is 5. The Kier molecular flexibility index (Phi) is 3.78. The maximum Gasteiger partial charge on any atom is 0.494 e. The maximum absolute atomic E-state index is 6.31. The molecule has 0 spiro atoms. The van der Waals surface area contributed by atoms with Gasteiger partial charge in [-0.05, 0) is 56.9 Å². The number of nitrogens with zero attached hydrogens (tertiary/aromatic N) is 1. The first-order valence-electron chi connectivity index (χ1n) is 10.8. The molecule has 0 aliphatic carbocycles. The number of aromatic amines is 1. The molecule has 0 atom stereocenters. The molecule has 5 aromatic rings. The van der Waals surface area contributed by atoms with Crippen LogP contribution < -0.4 is 5.46 Å². The molecule has 2 aromatic carbocycles. The van der Waals surface area contributed by atoms with Gasteiger partial charge in [0.15, 0.2) is 0 Å². The third-order valence-electron chi connectivity index (χ3n) is 6.99. The van der Waals surface area contributed by atoms with E-state index < -0.39 is 0 Å². The molecule has 1 fully saturated rings. The molecule has 0 radical (unpaired) electrons. The highest BCUT2D eigenvalue weighted by Crippen LogP contribution is 2.39. The Labute approximate surface area is 181 Å². The van der Waals surface area contributed by atoms with Gasteiger partial charge in [0, 0.05) is 22.7 Å². The van der Waals surface area contributed by atoms with Crippen LogP contribution in [0.25, 0.3) is 38.6 Å². The van der Waals surface area contributed by atoms with Gasteiger partial charge < -0.3 is 18.7 Å². The number of nitrogens with one attached hydrogen (secondary N) is 1. The highest BCUT2D eigenvalue weighted by atomic mass is 16.7. The van der Waals surface area contributed by atoms with Crippen LogP contribution in [-0.4, -0.2) is 27.7 Å². The van der Waals surface area contributed by atoms with Gasteiger partial charge in [0.25, 0.3) is 0 Å². The van der Waals surface area contributed by atoms with Crippen molar-refractivity contribution in [1.82, 2.24) is 9.38 Å². The Morgan fingerprint density at radius 3 is 2.29 bits per heavy atom. The van der Waals surface area contributed by atoms with Gasteiger partial charge in [0.2, 0.25) is 0 Å². The van der Waals surface area contributed by atoms with Gasteiger partial charge in [-0.15, -0.1) is 0 Å². The van der Waals surface area contributed by atoms with Gasteiger partial charge in [-0.25, -0.2) is 0 Å². The van der Waals surface area contributed by atoms with Crippen molar-refractivity contribution in [3.63, 3.8) is 0 Å². The van der Waals surface area contributed by atoms with Gasteiger partial charge in [0.05, 0.1) is 27.8 Å². The predicted octanol–water partition coefficient (Wildman–Crippen LogP) is 5.54. The lowest BCUT2D eigenvalue weighted by Gasteiger charge is -2.32. The van der Waals surface area contributed by atoms with Crippen molar-refractivity contribution in [2.24, 2.45) is 0 Å². The van der Waals surface area contributed by atoms with Crippen molar-refractivity contribution in [3.8, 4) is 11.1 Å². The van der Waals surface area contributed by atoms with Crippen LogP contribution in [0.2, 0.25) is 0 Å². The lowest BCUT2D eigenvalue weighted by molar-refractivity contribution is 0.00578. The summed E-state index contributed by atoms with van der Waals surface area (Å²) in [5, 5.41) is 1.17. The van der Waals surface area contributed by atoms with E-state index in [2.05, 4.69) is 110 Å². The number of rotatable bonds is 2. The number of pyridine rings is 1. The van der Waals surface area contributed by atoms with Gasteiger partial charge in [-0.2, -0.15) is 0 Å². The highest BCUT2D eigenvalue weighted by molar-refractivity contribution is 6.62. The summed E-state index contributed by atoms with van der Waals surface area (Å²) in [5.41, 5.74) is 7.40. The summed E-state index contributed by atoms with van der Waals surface area (Å²) in [6, 6.07) is 23.4. The van der Waals surface area contributed by atoms with E-state index in [1.807, 2.05) is 0 Å². The minimum absolute atomic E-state index is 0.359. The largest absolute Gasteiger partial charge is 0.494 e. The SMILES string of the molecule is CC1(C)OB(c2ccc3[nH]c4c(-c5ccccc5)c5ccccn5c4c3c2)OC1(C)C. The molecule has 6 rings (SSSR count). The third-order valence-corrected chi connectivity index (χ3v) is 6.99. The summed E-state index contributed by atoms with van der Waals surface area (Å²) in [6.45, 7) is 8.36. The molecule has 0 unspecified atom stereocenters. The Morgan fingerprint density at radius 1 is 0.839 bits per heavy atom. The number of benzene rings is 2. The second-order valence-electron chi connectivity index (χ2n) is 9.44. The van der Waals surface area contributed by atoms with Crippen molar-refractivity contribution in [2.45, 2.75) is 38.9 Å². The van der Waals surface area contributed by atoms with Crippen molar-refractivity contribution in [2.75, 3.05) is 0 Å². The fraction of sp³-hybridized carbons (Fsp3) is 0.231. The molecule has 4 nitrogen and oxygen atoms in total. The second kappa shape index (κ2) is 6.25. The van der Waals surface area contributed by atoms with Crippen LogP contribution in [0.1, 0.15) is 27.7 Å². The molecule has 154 valence electrons. The number of aromatic nitrogens is 2. The van der Waals surface area contributed by atoms with E-state index in [0.717, 1.165) is 16.5 Å². The molecule has 3 aromatic heterocycles. The van der Waals surface area contributed by atoms with Crippen molar-refractivity contribution < 1.29 is 9.31 Å². The second-order valence-corrected chi connectivity index (χ2v) is 9.44. The number of hydrogen-bond donors (Lipinski definition) is 1. The van der Waals surface area contributed by atoms with Crippen LogP contribution >= 0.6 is 0 Å². The van der Waals surface area contributed by atoms with E-state index in [-0.39, 0.29) is 18.3 Å². The molecular formula is C26H25BN2O2. The van der Waals surface area contributed by atoms with Gasteiger partial charge in [0.1, 0.15) is 0 Å². The third kappa shape index (κ3) is 2.63. The standard InChI is InChI=1S/C26H25BN2O2/c1-25(2)26(3,4)31-27(30-25)18-13-14-20-19(16-18)24-23(28-20)22(17-10-6-5-7-11-17)21-12-8-9-15-29(21)24/h5-16,28H,1-4H3. The van der Waals surface area contributed by atoms with Crippen LogP contribution in [0.5, 0.6) is 0 Å². The van der Waals surface area contributed by atoms with Gasteiger partial charge in [-0.1, -0.05) is 48.5 Å². The zero-order valence-electron chi connectivity index (χ0n) is 18.3. The molecule has 1 aliphatic rings. The summed E-state index contributed by atoms with van der Waals surface area (Å²) in [6.07, 6.45) is 2.14. The lowest BCUT2D eigenvalue weighted by atomic mass is 9.78. The number of H-pyrrole nitrogens is 1. The van der Waals surface area contributed by atoms with E-state index >= 15 is 0 Å². The topological polar surface area (TPSA) is 38.7 Å². The molecule has 0 saturated carbocycles. The smallest absolute Gasteiger partial charge is 0.399 e. The molecule has 1 aliphatic heterocycles. The minimum Gasteiger partial charge on any atom is -0.399 e. The molecule has 5 heteroatoms. The Balaban J connectivity index is 1.60. The molecular weight excluding hydrogens is 383 g/mol. The molecule has 1 saturated heterocycles. The molecule has 4 heterocycles. The van der Waals surface area contributed by atoms with E-state index in [4.69, 9.17) is 9.31 Å². The number of hydrogen-bond acceptors (Lipinski definition) is 2. The molecule has 0 amide bonds. The normalized spacial score (nSPS) is 17.9. The first-order valence-corrected chi connectivity index (χ1v) is 10.8. The average Bonchev–Trinajstić information content (AvgIpc) is 3.34. The van der Waals surface area contributed by atoms with E-state index in [0.29, 0.717) is 0 Å². The first-order chi connectivity index (χ1) is 14.9. The maximum atomic E-state index is 6.31. The van der Waals surface area contributed by atoms with E-state index in [1.165, 1.54) is 27.5 Å². The quantitative estimate of drug-likeness (QED) is 0.390. The minimum atomic E-state index is -0.376. The summed E-state index contributed by atoms with van der Waals surface area (Å²) < 4.78 is 14.9. The van der Waals surface area contributed by atoms with Crippen molar-refractivity contribution >= 4 is 40.0 Å².